The number of ether oxygens (including phenoxy) is 1. The number of nitrogens with zero attached hydrogens (tertiary/aromatic N) is 3. The van der Waals surface area contributed by atoms with Crippen LogP contribution in [0.3, 0.4) is 0 Å². The summed E-state index contributed by atoms with van der Waals surface area (Å²) in [5, 5.41) is 8.32. The lowest BCUT2D eigenvalue weighted by molar-refractivity contribution is 0.412. The first-order valence-corrected chi connectivity index (χ1v) is 5.15. The van der Waals surface area contributed by atoms with E-state index in [1.165, 1.54) is 0 Å². The summed E-state index contributed by atoms with van der Waals surface area (Å²) in [6.07, 6.45) is 2.98. The molecule has 4 heteroatoms. The van der Waals surface area contributed by atoms with Crippen LogP contribution in [0, 0.1) is 0 Å². The van der Waals surface area contributed by atoms with Gasteiger partial charge in [0.25, 0.3) is 0 Å². The zero-order chi connectivity index (χ0) is 10.8. The van der Waals surface area contributed by atoms with Gasteiger partial charge in [-0.3, -0.25) is 4.40 Å². The van der Waals surface area contributed by atoms with Crippen LogP contribution in [-0.2, 0) is 0 Å². The van der Waals surface area contributed by atoms with E-state index in [4.69, 9.17) is 4.74 Å². The highest BCUT2D eigenvalue weighted by Crippen LogP contribution is 2.19. The Bertz CT molecular complexity index is 464. The van der Waals surface area contributed by atoms with Crippen molar-refractivity contribution in [3.8, 4) is 5.75 Å². The van der Waals surface area contributed by atoms with Crippen molar-refractivity contribution >= 4 is 5.65 Å². The standard InChI is InChI=1S/C11H15N3O/c1-4-8(2)11-13-12-10-6-5-9(15-3)7-14(10)11/h5-8H,4H2,1-3H3. The van der Waals surface area contributed by atoms with Crippen molar-refractivity contribution in [1.82, 2.24) is 14.6 Å². The van der Waals surface area contributed by atoms with Gasteiger partial charge in [-0.2, -0.15) is 0 Å². The molecule has 1 atom stereocenters. The lowest BCUT2D eigenvalue weighted by Crippen LogP contribution is -1.99. The molecule has 0 aliphatic rings. The van der Waals surface area contributed by atoms with Crippen LogP contribution in [-0.4, -0.2) is 21.7 Å². The summed E-state index contributed by atoms with van der Waals surface area (Å²) in [5.74, 6) is 2.23. The Morgan fingerprint density at radius 1 is 1.40 bits per heavy atom. The summed E-state index contributed by atoms with van der Waals surface area (Å²) in [6, 6.07) is 3.81. The van der Waals surface area contributed by atoms with E-state index in [9.17, 15) is 0 Å². The topological polar surface area (TPSA) is 39.4 Å². The first-order chi connectivity index (χ1) is 7.26. The number of aromatic nitrogens is 3. The summed E-state index contributed by atoms with van der Waals surface area (Å²) in [4.78, 5) is 0. The fraction of sp³-hybridized carbons (Fsp3) is 0.455. The lowest BCUT2D eigenvalue weighted by Gasteiger charge is -2.06. The van der Waals surface area contributed by atoms with Crippen LogP contribution < -0.4 is 4.74 Å². The Morgan fingerprint density at radius 2 is 2.20 bits per heavy atom. The highest BCUT2D eigenvalue weighted by molar-refractivity contribution is 5.41. The van der Waals surface area contributed by atoms with Gasteiger partial charge < -0.3 is 4.74 Å². The fourth-order valence-electron chi connectivity index (χ4n) is 1.53. The van der Waals surface area contributed by atoms with Crippen molar-refractivity contribution in [3.05, 3.63) is 24.2 Å². The largest absolute Gasteiger partial charge is 0.495 e. The first kappa shape index (κ1) is 9.96. The van der Waals surface area contributed by atoms with E-state index in [2.05, 4.69) is 24.0 Å². The van der Waals surface area contributed by atoms with Gasteiger partial charge in [0.15, 0.2) is 5.65 Å². The number of methoxy groups -OCH3 is 1. The third-order valence-electron chi connectivity index (χ3n) is 2.69. The molecule has 2 heterocycles. The van der Waals surface area contributed by atoms with Crippen LogP contribution in [0.2, 0.25) is 0 Å². The summed E-state index contributed by atoms with van der Waals surface area (Å²) >= 11 is 0. The molecular formula is C11H15N3O. The quantitative estimate of drug-likeness (QED) is 0.771. The van der Waals surface area contributed by atoms with Crippen molar-refractivity contribution < 1.29 is 4.74 Å². The van der Waals surface area contributed by atoms with Gasteiger partial charge in [-0.05, 0) is 18.6 Å². The van der Waals surface area contributed by atoms with Crippen LogP contribution >= 0.6 is 0 Å². The minimum atomic E-state index is 0.409. The molecule has 15 heavy (non-hydrogen) atoms. The van der Waals surface area contributed by atoms with E-state index in [0.29, 0.717) is 5.92 Å². The van der Waals surface area contributed by atoms with Crippen molar-refractivity contribution in [2.24, 2.45) is 0 Å². The molecule has 0 aliphatic heterocycles. The molecule has 0 saturated carbocycles. The van der Waals surface area contributed by atoms with E-state index in [1.807, 2.05) is 22.7 Å². The van der Waals surface area contributed by atoms with Crippen LogP contribution in [0.25, 0.3) is 5.65 Å². The van der Waals surface area contributed by atoms with Gasteiger partial charge in [0.1, 0.15) is 11.6 Å². The number of rotatable bonds is 3. The Balaban J connectivity index is 2.56. The first-order valence-electron chi connectivity index (χ1n) is 5.15. The van der Waals surface area contributed by atoms with Gasteiger partial charge >= 0.3 is 0 Å². The van der Waals surface area contributed by atoms with Gasteiger partial charge in [0.05, 0.1) is 13.3 Å². The molecule has 2 rings (SSSR count). The van der Waals surface area contributed by atoms with Gasteiger partial charge in [-0.1, -0.05) is 13.8 Å². The van der Waals surface area contributed by atoms with E-state index < -0.39 is 0 Å². The third kappa shape index (κ3) is 1.67. The number of fused-ring (bicyclic) bond motifs is 1. The zero-order valence-corrected chi connectivity index (χ0v) is 9.27. The number of hydrogen-bond acceptors (Lipinski definition) is 3. The predicted octanol–water partition coefficient (Wildman–Crippen LogP) is 2.25. The maximum absolute atomic E-state index is 5.18. The predicted molar refractivity (Wildman–Crippen MR) is 58.2 cm³/mol. The molecule has 4 nitrogen and oxygen atoms in total. The smallest absolute Gasteiger partial charge is 0.161 e. The maximum atomic E-state index is 5.18. The second-order valence-electron chi connectivity index (χ2n) is 3.66. The van der Waals surface area contributed by atoms with E-state index in [0.717, 1.165) is 23.6 Å². The second-order valence-corrected chi connectivity index (χ2v) is 3.66. The molecule has 0 bridgehead atoms. The van der Waals surface area contributed by atoms with Crippen molar-refractivity contribution in [3.63, 3.8) is 0 Å². The van der Waals surface area contributed by atoms with Crippen molar-refractivity contribution in [2.75, 3.05) is 7.11 Å². The molecule has 0 aromatic carbocycles. The Hall–Kier alpha value is -1.58. The normalized spacial score (nSPS) is 13.0. The fourth-order valence-corrected chi connectivity index (χ4v) is 1.53. The summed E-state index contributed by atoms with van der Waals surface area (Å²) in [6.45, 7) is 4.29. The maximum Gasteiger partial charge on any atom is 0.161 e. The minimum Gasteiger partial charge on any atom is -0.495 e. The average molecular weight is 205 g/mol. The van der Waals surface area contributed by atoms with E-state index in [1.54, 1.807) is 7.11 Å². The van der Waals surface area contributed by atoms with E-state index in [-0.39, 0.29) is 0 Å². The number of hydrogen-bond donors (Lipinski definition) is 0. The van der Waals surface area contributed by atoms with Crippen LogP contribution in [0.4, 0.5) is 0 Å². The molecule has 2 aromatic heterocycles. The molecule has 0 saturated heterocycles. The molecule has 0 fully saturated rings. The van der Waals surface area contributed by atoms with Crippen LogP contribution in [0.15, 0.2) is 18.3 Å². The molecular weight excluding hydrogens is 190 g/mol. The molecule has 0 spiro atoms. The Morgan fingerprint density at radius 3 is 2.87 bits per heavy atom. The second kappa shape index (κ2) is 3.88. The van der Waals surface area contributed by atoms with Crippen molar-refractivity contribution in [1.29, 1.82) is 0 Å². The average Bonchev–Trinajstić information content (AvgIpc) is 2.70. The van der Waals surface area contributed by atoms with Crippen molar-refractivity contribution in [2.45, 2.75) is 26.2 Å². The van der Waals surface area contributed by atoms with Gasteiger partial charge in [-0.25, -0.2) is 0 Å². The highest BCUT2D eigenvalue weighted by Gasteiger charge is 2.11. The number of pyridine rings is 1. The molecule has 1 unspecified atom stereocenters. The molecule has 0 N–H and O–H groups in total. The summed E-state index contributed by atoms with van der Waals surface area (Å²) in [5.41, 5.74) is 0.867. The Labute approximate surface area is 88.9 Å². The molecule has 80 valence electrons. The van der Waals surface area contributed by atoms with Gasteiger partial charge in [-0.15, -0.1) is 10.2 Å². The SMILES string of the molecule is CCC(C)c1nnc2ccc(OC)cn12. The summed E-state index contributed by atoms with van der Waals surface area (Å²) in [7, 11) is 1.66. The lowest BCUT2D eigenvalue weighted by atomic mass is 10.1. The molecule has 0 radical (unpaired) electrons. The molecule has 0 amide bonds. The highest BCUT2D eigenvalue weighted by atomic mass is 16.5. The van der Waals surface area contributed by atoms with E-state index >= 15 is 0 Å². The Kier molecular flexibility index (Phi) is 2.58. The molecule has 0 aliphatic carbocycles. The zero-order valence-electron chi connectivity index (χ0n) is 9.27. The minimum absolute atomic E-state index is 0.409. The van der Waals surface area contributed by atoms with Crippen LogP contribution in [0.1, 0.15) is 32.0 Å². The van der Waals surface area contributed by atoms with Crippen LogP contribution in [0.5, 0.6) is 5.75 Å². The van der Waals surface area contributed by atoms with Gasteiger partial charge in [0.2, 0.25) is 0 Å². The van der Waals surface area contributed by atoms with Gasteiger partial charge in [0, 0.05) is 5.92 Å². The monoisotopic (exact) mass is 205 g/mol. The summed E-state index contributed by atoms with van der Waals surface area (Å²) < 4.78 is 7.18. The third-order valence-corrected chi connectivity index (χ3v) is 2.69. The molecule has 2 aromatic rings.